The average molecular weight is 330 g/mol. The lowest BCUT2D eigenvalue weighted by atomic mass is 10.1. The third-order valence-electron chi connectivity index (χ3n) is 2.04. The highest BCUT2D eigenvalue weighted by Gasteiger charge is 2.16. The number of ether oxygens (including phenoxy) is 1. The van der Waals surface area contributed by atoms with E-state index in [0.29, 0.717) is 10.0 Å². The number of hydrogen-bond donors (Lipinski definition) is 2. The summed E-state index contributed by atoms with van der Waals surface area (Å²) in [5.41, 5.74) is 0.279. The zero-order valence-electron chi connectivity index (χ0n) is 11.0. The molecule has 0 saturated heterocycles. The molecule has 5 nitrogen and oxygen atoms in total. The minimum Gasteiger partial charge on any atom is -0.478 e. The molecule has 1 aromatic carbocycles. The summed E-state index contributed by atoms with van der Waals surface area (Å²) < 4.78 is 5.74. The molecule has 0 aliphatic carbocycles. The van der Waals surface area contributed by atoms with Crippen LogP contribution >= 0.6 is 15.9 Å². The summed E-state index contributed by atoms with van der Waals surface area (Å²) in [7, 11) is 0. The second-order valence-corrected chi connectivity index (χ2v) is 5.92. The van der Waals surface area contributed by atoms with E-state index in [-0.39, 0.29) is 12.1 Å². The zero-order valence-corrected chi connectivity index (χ0v) is 12.6. The largest absolute Gasteiger partial charge is 0.478 e. The van der Waals surface area contributed by atoms with Gasteiger partial charge in [-0.1, -0.05) is 15.9 Å². The Morgan fingerprint density at radius 1 is 1.32 bits per heavy atom. The first kappa shape index (κ1) is 15.5. The third kappa shape index (κ3) is 5.74. The third-order valence-corrected chi connectivity index (χ3v) is 2.50. The molecule has 0 aromatic heterocycles. The number of carboxylic acid groups (broad SMARTS) is 1. The van der Waals surface area contributed by atoms with Crippen LogP contribution in [0.15, 0.2) is 22.7 Å². The molecule has 0 spiro atoms. The Hall–Kier alpha value is -1.56. The normalized spacial score (nSPS) is 10.9. The minimum atomic E-state index is -1.01. The second-order valence-electron chi connectivity index (χ2n) is 5.01. The Morgan fingerprint density at radius 3 is 2.47 bits per heavy atom. The number of carbonyl (C=O) groups is 2. The van der Waals surface area contributed by atoms with Crippen LogP contribution in [0.4, 0.5) is 4.79 Å². The van der Waals surface area contributed by atoms with Gasteiger partial charge in [0, 0.05) is 11.0 Å². The van der Waals surface area contributed by atoms with E-state index in [1.807, 2.05) is 0 Å². The predicted octanol–water partition coefficient (Wildman–Crippen LogP) is 3.17. The topological polar surface area (TPSA) is 75.6 Å². The van der Waals surface area contributed by atoms with Crippen LogP contribution in [0.2, 0.25) is 0 Å². The lowest BCUT2D eigenvalue weighted by Gasteiger charge is -2.19. The molecule has 104 valence electrons. The van der Waals surface area contributed by atoms with E-state index in [9.17, 15) is 9.59 Å². The van der Waals surface area contributed by atoms with Crippen molar-refractivity contribution in [2.45, 2.75) is 32.9 Å². The number of carboxylic acids is 1. The highest BCUT2D eigenvalue weighted by Crippen LogP contribution is 2.16. The highest BCUT2D eigenvalue weighted by atomic mass is 79.9. The number of carbonyl (C=O) groups excluding carboxylic acids is 1. The summed E-state index contributed by atoms with van der Waals surface area (Å²) in [6.07, 6.45) is -0.538. The molecule has 0 radical (unpaired) electrons. The summed E-state index contributed by atoms with van der Waals surface area (Å²) in [5.74, 6) is -1.01. The van der Waals surface area contributed by atoms with E-state index >= 15 is 0 Å². The van der Waals surface area contributed by atoms with Crippen LogP contribution in [0, 0.1) is 0 Å². The maximum absolute atomic E-state index is 11.5. The smallest absolute Gasteiger partial charge is 0.407 e. The fraction of sp³-hybridized carbons (Fsp3) is 0.385. The number of hydrogen-bond acceptors (Lipinski definition) is 3. The predicted molar refractivity (Wildman–Crippen MR) is 74.2 cm³/mol. The van der Waals surface area contributed by atoms with Crippen LogP contribution in [0.25, 0.3) is 0 Å². The van der Waals surface area contributed by atoms with Crippen molar-refractivity contribution in [1.82, 2.24) is 5.32 Å². The fourth-order valence-electron chi connectivity index (χ4n) is 1.36. The number of aromatic carboxylic acids is 1. The first-order valence-electron chi connectivity index (χ1n) is 5.67. The molecule has 0 fully saturated rings. The number of benzene rings is 1. The Bertz CT molecular complexity index is 494. The average Bonchev–Trinajstić information content (AvgIpc) is 2.23. The van der Waals surface area contributed by atoms with Crippen LogP contribution in [0.3, 0.4) is 0 Å². The van der Waals surface area contributed by atoms with E-state index in [0.717, 1.165) is 0 Å². The first-order valence-corrected chi connectivity index (χ1v) is 6.46. The minimum absolute atomic E-state index is 0.162. The molecule has 0 aliphatic heterocycles. The Kier molecular flexibility index (Phi) is 4.94. The molecule has 0 aliphatic rings. The summed E-state index contributed by atoms with van der Waals surface area (Å²) in [6, 6.07) is 4.74. The summed E-state index contributed by atoms with van der Waals surface area (Å²) >= 11 is 3.23. The van der Waals surface area contributed by atoms with Gasteiger partial charge in [-0.3, -0.25) is 0 Å². The molecule has 1 rings (SSSR count). The van der Waals surface area contributed by atoms with Crippen LogP contribution in [0.5, 0.6) is 0 Å². The number of rotatable bonds is 3. The van der Waals surface area contributed by atoms with Crippen molar-refractivity contribution in [2.24, 2.45) is 0 Å². The van der Waals surface area contributed by atoms with Crippen molar-refractivity contribution in [2.75, 3.05) is 0 Å². The quantitative estimate of drug-likeness (QED) is 0.893. The molecular formula is C13H16BrNO4. The van der Waals surface area contributed by atoms with Crippen LogP contribution in [0.1, 0.15) is 36.7 Å². The molecule has 0 saturated carbocycles. The molecule has 19 heavy (non-hydrogen) atoms. The van der Waals surface area contributed by atoms with Crippen LogP contribution in [-0.2, 0) is 11.3 Å². The number of amides is 1. The molecule has 6 heteroatoms. The van der Waals surface area contributed by atoms with E-state index in [4.69, 9.17) is 9.84 Å². The fourth-order valence-corrected chi connectivity index (χ4v) is 1.91. The van der Waals surface area contributed by atoms with Crippen molar-refractivity contribution < 1.29 is 19.4 Å². The zero-order chi connectivity index (χ0) is 14.6. The van der Waals surface area contributed by atoms with Gasteiger partial charge in [0.1, 0.15) is 5.60 Å². The van der Waals surface area contributed by atoms with Gasteiger partial charge in [-0.05, 0) is 44.5 Å². The van der Waals surface area contributed by atoms with Gasteiger partial charge >= 0.3 is 12.1 Å². The Balaban J connectivity index is 2.68. The van der Waals surface area contributed by atoms with E-state index < -0.39 is 17.7 Å². The second kappa shape index (κ2) is 6.06. The van der Waals surface area contributed by atoms with Crippen LogP contribution < -0.4 is 5.32 Å². The lowest BCUT2D eigenvalue weighted by Crippen LogP contribution is -2.32. The van der Waals surface area contributed by atoms with Crippen molar-refractivity contribution >= 4 is 28.0 Å². The van der Waals surface area contributed by atoms with Crippen molar-refractivity contribution in [1.29, 1.82) is 0 Å². The van der Waals surface area contributed by atoms with Crippen molar-refractivity contribution in [3.05, 3.63) is 33.8 Å². The van der Waals surface area contributed by atoms with Crippen molar-refractivity contribution in [3.63, 3.8) is 0 Å². The SMILES string of the molecule is CC(C)(C)OC(=O)NCc1cc(Br)cc(C(=O)O)c1. The molecule has 2 N–H and O–H groups in total. The first-order chi connectivity index (χ1) is 8.67. The Morgan fingerprint density at radius 2 is 1.95 bits per heavy atom. The molecule has 0 atom stereocenters. The van der Waals surface area contributed by atoms with Crippen LogP contribution in [-0.4, -0.2) is 22.8 Å². The lowest BCUT2D eigenvalue weighted by molar-refractivity contribution is 0.0523. The van der Waals surface area contributed by atoms with Gasteiger partial charge in [-0.2, -0.15) is 0 Å². The van der Waals surface area contributed by atoms with E-state index in [2.05, 4.69) is 21.2 Å². The molecule has 1 amide bonds. The number of halogens is 1. The molecule has 1 aromatic rings. The van der Waals surface area contributed by atoms with Gasteiger partial charge < -0.3 is 15.2 Å². The molecule has 0 bridgehead atoms. The highest BCUT2D eigenvalue weighted by molar-refractivity contribution is 9.10. The summed E-state index contributed by atoms with van der Waals surface area (Å²) in [6.45, 7) is 5.52. The monoisotopic (exact) mass is 329 g/mol. The van der Waals surface area contributed by atoms with Gasteiger partial charge in [0.15, 0.2) is 0 Å². The van der Waals surface area contributed by atoms with Gasteiger partial charge in [-0.15, -0.1) is 0 Å². The molecular weight excluding hydrogens is 314 g/mol. The molecule has 0 heterocycles. The van der Waals surface area contributed by atoms with Gasteiger partial charge in [-0.25, -0.2) is 9.59 Å². The van der Waals surface area contributed by atoms with E-state index in [1.54, 1.807) is 26.8 Å². The number of nitrogens with one attached hydrogen (secondary N) is 1. The van der Waals surface area contributed by atoms with Gasteiger partial charge in [0.25, 0.3) is 0 Å². The maximum Gasteiger partial charge on any atom is 0.407 e. The standard InChI is InChI=1S/C13H16BrNO4/c1-13(2,3)19-12(18)15-7-8-4-9(11(16)17)6-10(14)5-8/h4-6H,7H2,1-3H3,(H,15,18)(H,16,17). The van der Waals surface area contributed by atoms with E-state index in [1.165, 1.54) is 12.1 Å². The number of alkyl carbamates (subject to hydrolysis) is 1. The van der Waals surface area contributed by atoms with Crippen molar-refractivity contribution in [3.8, 4) is 0 Å². The van der Waals surface area contributed by atoms with Gasteiger partial charge in [0.2, 0.25) is 0 Å². The summed E-state index contributed by atoms with van der Waals surface area (Å²) in [4.78, 5) is 22.4. The summed E-state index contributed by atoms with van der Waals surface area (Å²) in [5, 5.41) is 11.5. The maximum atomic E-state index is 11.5. The molecule has 0 unspecified atom stereocenters. The van der Waals surface area contributed by atoms with Gasteiger partial charge in [0.05, 0.1) is 5.56 Å². The Labute approximate surface area is 120 Å².